The molecule has 6 nitrogen and oxygen atoms in total. The van der Waals surface area contributed by atoms with Gasteiger partial charge >= 0.3 is 0 Å². The van der Waals surface area contributed by atoms with Gasteiger partial charge in [0, 0.05) is 12.6 Å². The molecule has 0 spiro atoms. The molecule has 0 aromatic heterocycles. The molecule has 1 aromatic carbocycles. The van der Waals surface area contributed by atoms with Gasteiger partial charge in [0.05, 0.1) is 0 Å². The van der Waals surface area contributed by atoms with Gasteiger partial charge in [-0.1, -0.05) is 37.3 Å². The Kier molecular flexibility index (Phi) is 6.12. The third-order valence-electron chi connectivity index (χ3n) is 2.43. The van der Waals surface area contributed by atoms with E-state index in [0.717, 1.165) is 0 Å². The van der Waals surface area contributed by atoms with Gasteiger partial charge in [-0.05, 0) is 19.4 Å². The summed E-state index contributed by atoms with van der Waals surface area (Å²) in [5, 5.41) is 2.71. The van der Waals surface area contributed by atoms with E-state index in [9.17, 15) is 13.2 Å². The zero-order valence-corrected chi connectivity index (χ0v) is 12.7. The number of carbonyl (C=O) groups excluding carboxylic acids is 1. The maximum Gasteiger partial charge on any atom is 0.277 e. The molecular weight excluding hydrogens is 278 g/mol. The average Bonchev–Trinajstić information content (AvgIpc) is 2.36. The quantitative estimate of drug-likeness (QED) is 0.692. The van der Waals surface area contributed by atoms with Gasteiger partial charge in [-0.3, -0.25) is 4.79 Å². The average molecular weight is 299 g/mol. The number of carbonyl (C=O) groups is 1. The van der Waals surface area contributed by atoms with Crippen molar-refractivity contribution in [2.24, 2.45) is 0 Å². The highest BCUT2D eigenvalue weighted by atomic mass is 32.2. The van der Waals surface area contributed by atoms with Crippen molar-refractivity contribution in [3.8, 4) is 0 Å². The Morgan fingerprint density at radius 2 is 1.80 bits per heavy atom. The smallest absolute Gasteiger partial charge is 0.277 e. The fraction of sp³-hybridized carbons (Fsp3) is 0.462. The normalized spacial score (nSPS) is 13.2. The van der Waals surface area contributed by atoms with Crippen molar-refractivity contribution < 1.29 is 13.2 Å². The van der Waals surface area contributed by atoms with E-state index >= 15 is 0 Å². The molecule has 0 saturated heterocycles. The molecule has 0 radical (unpaired) electrons. The van der Waals surface area contributed by atoms with Crippen LogP contribution in [0, 0.1) is 0 Å². The fourth-order valence-corrected chi connectivity index (χ4v) is 2.69. The Morgan fingerprint density at radius 1 is 1.20 bits per heavy atom. The minimum Gasteiger partial charge on any atom is -0.352 e. The molecule has 1 rings (SSSR count). The van der Waals surface area contributed by atoms with E-state index in [0.29, 0.717) is 5.56 Å². The molecular formula is C13H21N3O3S. The lowest BCUT2D eigenvalue weighted by Crippen LogP contribution is -2.46. The van der Waals surface area contributed by atoms with Crippen LogP contribution in [-0.2, 0) is 15.0 Å². The van der Waals surface area contributed by atoms with Gasteiger partial charge in [0.1, 0.15) is 6.04 Å². The summed E-state index contributed by atoms with van der Waals surface area (Å²) in [5.41, 5.74) is 0.590. The van der Waals surface area contributed by atoms with Crippen LogP contribution in [-0.4, -0.2) is 26.9 Å². The van der Waals surface area contributed by atoms with Crippen molar-refractivity contribution in [3.63, 3.8) is 0 Å². The van der Waals surface area contributed by atoms with Crippen LogP contribution in [0.15, 0.2) is 30.3 Å². The first kappa shape index (κ1) is 16.6. The van der Waals surface area contributed by atoms with Gasteiger partial charge in [0.25, 0.3) is 10.2 Å². The molecule has 0 aliphatic heterocycles. The molecule has 1 atom stereocenters. The van der Waals surface area contributed by atoms with E-state index in [2.05, 4.69) is 14.8 Å². The topological polar surface area (TPSA) is 87.3 Å². The van der Waals surface area contributed by atoms with Crippen LogP contribution >= 0.6 is 0 Å². The Labute approximate surface area is 120 Å². The SMILES string of the molecule is CCNS(=O)(=O)NC(C(=O)NC(C)C)c1ccccc1. The van der Waals surface area contributed by atoms with E-state index in [1.807, 2.05) is 13.8 Å². The zero-order chi connectivity index (χ0) is 15.2. The van der Waals surface area contributed by atoms with Gasteiger partial charge in [-0.2, -0.15) is 13.1 Å². The molecule has 1 unspecified atom stereocenters. The molecule has 0 saturated carbocycles. The second-order valence-electron chi connectivity index (χ2n) is 4.63. The molecule has 0 aliphatic rings. The minimum absolute atomic E-state index is 0.0719. The summed E-state index contributed by atoms with van der Waals surface area (Å²) in [7, 11) is -3.72. The van der Waals surface area contributed by atoms with Gasteiger partial charge in [0.15, 0.2) is 0 Å². The van der Waals surface area contributed by atoms with Crippen molar-refractivity contribution in [1.82, 2.24) is 14.8 Å². The summed E-state index contributed by atoms with van der Waals surface area (Å²) < 4.78 is 28.3. The molecule has 112 valence electrons. The van der Waals surface area contributed by atoms with E-state index in [-0.39, 0.29) is 18.5 Å². The summed E-state index contributed by atoms with van der Waals surface area (Å²) in [5.74, 6) is -0.382. The molecule has 3 N–H and O–H groups in total. The molecule has 7 heteroatoms. The first-order valence-corrected chi connectivity index (χ1v) is 7.96. The maximum atomic E-state index is 12.2. The summed E-state index contributed by atoms with van der Waals surface area (Å²) in [6.45, 7) is 5.56. The van der Waals surface area contributed by atoms with E-state index in [1.165, 1.54) is 0 Å². The number of hydrogen-bond donors (Lipinski definition) is 3. The van der Waals surface area contributed by atoms with Crippen molar-refractivity contribution in [2.45, 2.75) is 32.9 Å². The second-order valence-corrected chi connectivity index (χ2v) is 6.16. The van der Waals surface area contributed by atoms with Crippen LogP contribution in [0.25, 0.3) is 0 Å². The van der Waals surface area contributed by atoms with Gasteiger partial charge in [-0.25, -0.2) is 4.72 Å². The lowest BCUT2D eigenvalue weighted by atomic mass is 10.1. The predicted octanol–water partition coefficient (Wildman–Crippen LogP) is 0.696. The molecule has 0 fully saturated rings. The lowest BCUT2D eigenvalue weighted by molar-refractivity contribution is -0.123. The minimum atomic E-state index is -3.72. The Hall–Kier alpha value is -1.44. The molecule has 0 heterocycles. The van der Waals surface area contributed by atoms with Crippen LogP contribution in [0.1, 0.15) is 32.4 Å². The summed E-state index contributed by atoms with van der Waals surface area (Å²) >= 11 is 0. The van der Waals surface area contributed by atoms with Crippen molar-refractivity contribution in [1.29, 1.82) is 0 Å². The van der Waals surface area contributed by atoms with Gasteiger partial charge < -0.3 is 5.32 Å². The molecule has 0 bridgehead atoms. The highest BCUT2D eigenvalue weighted by molar-refractivity contribution is 7.87. The summed E-state index contributed by atoms with van der Waals surface area (Å²) in [6.07, 6.45) is 0. The number of hydrogen-bond acceptors (Lipinski definition) is 3. The van der Waals surface area contributed by atoms with E-state index < -0.39 is 16.3 Å². The van der Waals surface area contributed by atoms with Crippen molar-refractivity contribution in [2.75, 3.05) is 6.54 Å². The van der Waals surface area contributed by atoms with Gasteiger partial charge in [0.2, 0.25) is 5.91 Å². The molecule has 0 aliphatic carbocycles. The zero-order valence-electron chi connectivity index (χ0n) is 11.9. The predicted molar refractivity (Wildman–Crippen MR) is 78.2 cm³/mol. The number of benzene rings is 1. The second kappa shape index (κ2) is 7.37. The van der Waals surface area contributed by atoms with Crippen LogP contribution < -0.4 is 14.8 Å². The van der Waals surface area contributed by atoms with Crippen LogP contribution in [0.2, 0.25) is 0 Å². The highest BCUT2D eigenvalue weighted by Gasteiger charge is 2.25. The molecule has 1 amide bonds. The third-order valence-corrected chi connectivity index (χ3v) is 3.65. The molecule has 20 heavy (non-hydrogen) atoms. The van der Waals surface area contributed by atoms with Crippen LogP contribution in [0.5, 0.6) is 0 Å². The monoisotopic (exact) mass is 299 g/mol. The number of rotatable bonds is 7. The van der Waals surface area contributed by atoms with Gasteiger partial charge in [-0.15, -0.1) is 0 Å². The van der Waals surface area contributed by atoms with Crippen LogP contribution in [0.3, 0.4) is 0 Å². The standard InChI is InChI=1S/C13H21N3O3S/c1-4-14-20(18,19)16-12(13(17)15-10(2)3)11-8-6-5-7-9-11/h5-10,12,14,16H,4H2,1-3H3,(H,15,17). The van der Waals surface area contributed by atoms with Crippen molar-refractivity contribution >= 4 is 16.1 Å². The van der Waals surface area contributed by atoms with Crippen LogP contribution in [0.4, 0.5) is 0 Å². The first-order chi connectivity index (χ1) is 9.35. The van der Waals surface area contributed by atoms with E-state index in [4.69, 9.17) is 0 Å². The lowest BCUT2D eigenvalue weighted by Gasteiger charge is -2.20. The third kappa shape index (κ3) is 5.28. The summed E-state index contributed by atoms with van der Waals surface area (Å²) in [6, 6.07) is 7.71. The highest BCUT2D eigenvalue weighted by Crippen LogP contribution is 2.14. The molecule has 1 aromatic rings. The summed E-state index contributed by atoms with van der Waals surface area (Å²) in [4.78, 5) is 12.2. The first-order valence-electron chi connectivity index (χ1n) is 6.48. The number of nitrogens with one attached hydrogen (secondary N) is 3. The maximum absolute atomic E-state index is 12.2. The largest absolute Gasteiger partial charge is 0.352 e. The van der Waals surface area contributed by atoms with Crippen molar-refractivity contribution in [3.05, 3.63) is 35.9 Å². The Balaban J connectivity index is 3.00. The Morgan fingerprint density at radius 3 is 2.30 bits per heavy atom. The number of amides is 1. The fourth-order valence-electron chi connectivity index (χ4n) is 1.67. The van der Waals surface area contributed by atoms with E-state index in [1.54, 1.807) is 37.3 Å². The Bertz CT molecular complexity index is 529.